The molecule has 174 valence electrons. The first-order chi connectivity index (χ1) is 15.9. The number of rotatable bonds is 10. The Morgan fingerprint density at radius 2 is 1.79 bits per heavy atom. The van der Waals surface area contributed by atoms with Gasteiger partial charge < -0.3 is 15.0 Å². The molecule has 0 unspecified atom stereocenters. The number of ether oxygens (including phenoxy) is 1. The lowest BCUT2D eigenvalue weighted by atomic mass is 10.1. The molecule has 5 nitrogen and oxygen atoms in total. The van der Waals surface area contributed by atoms with Crippen LogP contribution in [0, 0.1) is 0 Å². The van der Waals surface area contributed by atoms with Gasteiger partial charge in [-0.1, -0.05) is 67.9 Å². The Labute approximate surface area is 208 Å². The highest BCUT2D eigenvalue weighted by atomic mass is 79.9. The van der Waals surface area contributed by atoms with Crippen LogP contribution in [-0.4, -0.2) is 35.9 Å². The molecule has 0 aromatic heterocycles. The summed E-state index contributed by atoms with van der Waals surface area (Å²) in [4.78, 5) is 27.7. The highest BCUT2D eigenvalue weighted by molar-refractivity contribution is 9.10. The van der Waals surface area contributed by atoms with E-state index in [1.54, 1.807) is 17.0 Å². The highest BCUT2D eigenvalue weighted by Crippen LogP contribution is 2.33. The normalized spacial score (nSPS) is 11.8. The molecule has 1 N–H and O–H groups in total. The Morgan fingerprint density at radius 3 is 2.48 bits per heavy atom. The van der Waals surface area contributed by atoms with E-state index < -0.39 is 6.04 Å². The van der Waals surface area contributed by atoms with E-state index in [0.29, 0.717) is 23.7 Å². The third-order valence-electron chi connectivity index (χ3n) is 5.38. The van der Waals surface area contributed by atoms with Gasteiger partial charge in [0.25, 0.3) is 5.91 Å². The summed E-state index contributed by atoms with van der Waals surface area (Å²) in [6, 6.07) is 18.4. The molecule has 1 atom stereocenters. The number of hydrogen-bond acceptors (Lipinski definition) is 3. The summed E-state index contributed by atoms with van der Waals surface area (Å²) < 4.78 is 6.71. The first-order valence-corrected chi connectivity index (χ1v) is 12.2. The average Bonchev–Trinajstić information content (AvgIpc) is 2.83. The summed E-state index contributed by atoms with van der Waals surface area (Å²) in [5, 5.41) is 5.61. The topological polar surface area (TPSA) is 58.6 Å². The molecule has 0 saturated carbocycles. The molecule has 33 heavy (non-hydrogen) atoms. The van der Waals surface area contributed by atoms with Crippen molar-refractivity contribution in [2.75, 3.05) is 13.2 Å². The molecule has 7 heteroatoms. The lowest BCUT2D eigenvalue weighted by Crippen LogP contribution is -2.50. The van der Waals surface area contributed by atoms with Crippen LogP contribution in [0.2, 0.25) is 5.02 Å². The molecule has 0 saturated heterocycles. The van der Waals surface area contributed by atoms with Gasteiger partial charge in [0.2, 0.25) is 5.91 Å². The second-order valence-electron chi connectivity index (χ2n) is 7.75. The number of benzene rings is 3. The number of nitrogens with zero attached hydrogens (tertiary/aromatic N) is 1. The van der Waals surface area contributed by atoms with Crippen molar-refractivity contribution in [2.45, 2.75) is 39.3 Å². The molecule has 0 fully saturated rings. The zero-order valence-electron chi connectivity index (χ0n) is 18.8. The average molecular weight is 532 g/mol. The van der Waals surface area contributed by atoms with Crippen LogP contribution in [0.25, 0.3) is 10.8 Å². The van der Waals surface area contributed by atoms with E-state index in [1.165, 1.54) is 0 Å². The van der Waals surface area contributed by atoms with Crippen LogP contribution in [0.4, 0.5) is 0 Å². The minimum absolute atomic E-state index is 0.159. The number of nitrogens with one attached hydrogen (secondary N) is 1. The standard InChI is InChI=1S/C26H28BrClN2O3/c1-3-15-29-26(32)22(4-2)30(16-18-9-12-20(28)13-10-18)24(31)17-33-23-14-11-19-7-5-6-8-21(19)25(23)27/h5-14,22H,3-4,15-17H2,1-2H3,(H,29,32)/t22-/m0/s1. The van der Waals surface area contributed by atoms with E-state index in [1.807, 2.05) is 62.4 Å². The smallest absolute Gasteiger partial charge is 0.261 e. The number of halogens is 2. The fourth-order valence-corrected chi connectivity index (χ4v) is 4.35. The Hall–Kier alpha value is -2.57. The van der Waals surface area contributed by atoms with Gasteiger partial charge in [0, 0.05) is 18.1 Å². The van der Waals surface area contributed by atoms with E-state index in [2.05, 4.69) is 21.2 Å². The highest BCUT2D eigenvalue weighted by Gasteiger charge is 2.29. The minimum Gasteiger partial charge on any atom is -0.483 e. The number of amides is 2. The monoisotopic (exact) mass is 530 g/mol. The van der Waals surface area contributed by atoms with E-state index in [0.717, 1.165) is 27.2 Å². The van der Waals surface area contributed by atoms with Gasteiger partial charge in [0.05, 0.1) is 4.47 Å². The molecule has 0 bridgehead atoms. The summed E-state index contributed by atoms with van der Waals surface area (Å²) in [6.45, 7) is 4.57. The Kier molecular flexibility index (Phi) is 9.15. The van der Waals surface area contributed by atoms with Crippen molar-refractivity contribution < 1.29 is 14.3 Å². The minimum atomic E-state index is -0.594. The summed E-state index contributed by atoms with van der Waals surface area (Å²) in [5.41, 5.74) is 0.890. The van der Waals surface area contributed by atoms with Crippen molar-refractivity contribution in [1.82, 2.24) is 10.2 Å². The van der Waals surface area contributed by atoms with Crippen molar-refractivity contribution in [1.29, 1.82) is 0 Å². The number of carbonyl (C=O) groups excluding carboxylic acids is 2. The van der Waals surface area contributed by atoms with Crippen LogP contribution >= 0.6 is 27.5 Å². The summed E-state index contributed by atoms with van der Waals surface area (Å²) in [5.74, 6) is 0.161. The Balaban J connectivity index is 1.81. The van der Waals surface area contributed by atoms with Crippen LogP contribution in [0.5, 0.6) is 5.75 Å². The van der Waals surface area contributed by atoms with Gasteiger partial charge in [-0.05, 0) is 63.3 Å². The van der Waals surface area contributed by atoms with E-state index >= 15 is 0 Å². The van der Waals surface area contributed by atoms with Crippen molar-refractivity contribution in [3.63, 3.8) is 0 Å². The van der Waals surface area contributed by atoms with Gasteiger partial charge in [-0.2, -0.15) is 0 Å². The van der Waals surface area contributed by atoms with Crippen molar-refractivity contribution in [3.8, 4) is 5.75 Å². The summed E-state index contributed by atoms with van der Waals surface area (Å²) in [6.07, 6.45) is 1.32. The van der Waals surface area contributed by atoms with Gasteiger partial charge in [-0.25, -0.2) is 0 Å². The fraction of sp³-hybridized carbons (Fsp3) is 0.308. The van der Waals surface area contributed by atoms with E-state index in [9.17, 15) is 9.59 Å². The predicted octanol–water partition coefficient (Wildman–Crippen LogP) is 5.97. The molecule has 3 aromatic rings. The molecule has 0 spiro atoms. The van der Waals surface area contributed by atoms with Crippen LogP contribution in [-0.2, 0) is 16.1 Å². The van der Waals surface area contributed by atoms with Gasteiger partial charge in [0.1, 0.15) is 11.8 Å². The first kappa shape index (κ1) is 25.1. The molecular formula is C26H28BrClN2O3. The maximum atomic E-state index is 13.3. The molecule has 0 aliphatic rings. The molecule has 2 amide bonds. The molecular weight excluding hydrogens is 504 g/mol. The maximum absolute atomic E-state index is 13.3. The quantitative estimate of drug-likeness (QED) is 0.351. The van der Waals surface area contributed by atoms with Crippen molar-refractivity contribution in [3.05, 3.63) is 75.7 Å². The first-order valence-electron chi connectivity index (χ1n) is 11.1. The van der Waals surface area contributed by atoms with Crippen molar-refractivity contribution in [2.24, 2.45) is 0 Å². The lowest BCUT2D eigenvalue weighted by molar-refractivity contribution is -0.143. The van der Waals surface area contributed by atoms with Crippen LogP contribution in [0.1, 0.15) is 32.3 Å². The molecule has 0 aliphatic carbocycles. The molecule has 3 rings (SSSR count). The van der Waals surface area contributed by atoms with E-state index in [-0.39, 0.29) is 25.0 Å². The third-order valence-corrected chi connectivity index (χ3v) is 6.45. The second kappa shape index (κ2) is 12.1. The molecule has 3 aromatic carbocycles. The zero-order chi connectivity index (χ0) is 23.8. The zero-order valence-corrected chi connectivity index (χ0v) is 21.2. The lowest BCUT2D eigenvalue weighted by Gasteiger charge is -2.30. The number of hydrogen-bond donors (Lipinski definition) is 1. The largest absolute Gasteiger partial charge is 0.483 e. The van der Waals surface area contributed by atoms with Crippen molar-refractivity contribution >= 4 is 50.1 Å². The van der Waals surface area contributed by atoms with Gasteiger partial charge in [-0.3, -0.25) is 9.59 Å². The summed E-state index contributed by atoms with van der Waals surface area (Å²) in [7, 11) is 0. The SMILES string of the molecule is CCCNC(=O)[C@H](CC)N(Cc1ccc(Cl)cc1)C(=O)COc1ccc2ccccc2c1Br. The Morgan fingerprint density at radius 1 is 1.06 bits per heavy atom. The van der Waals surface area contributed by atoms with Gasteiger partial charge >= 0.3 is 0 Å². The van der Waals surface area contributed by atoms with Gasteiger partial charge in [-0.15, -0.1) is 0 Å². The number of fused-ring (bicyclic) bond motifs is 1. The Bertz CT molecular complexity index is 1100. The molecule has 0 radical (unpaired) electrons. The number of carbonyl (C=O) groups is 2. The van der Waals surface area contributed by atoms with Crippen LogP contribution in [0.3, 0.4) is 0 Å². The predicted molar refractivity (Wildman–Crippen MR) is 137 cm³/mol. The molecule has 0 aliphatic heterocycles. The summed E-state index contributed by atoms with van der Waals surface area (Å²) >= 11 is 9.61. The fourth-order valence-electron chi connectivity index (χ4n) is 3.62. The van der Waals surface area contributed by atoms with Crippen LogP contribution < -0.4 is 10.1 Å². The van der Waals surface area contributed by atoms with Crippen LogP contribution in [0.15, 0.2) is 65.1 Å². The van der Waals surface area contributed by atoms with Gasteiger partial charge in [0.15, 0.2) is 6.61 Å². The second-order valence-corrected chi connectivity index (χ2v) is 8.98. The molecule has 0 heterocycles. The maximum Gasteiger partial charge on any atom is 0.261 e. The third kappa shape index (κ3) is 6.49. The van der Waals surface area contributed by atoms with E-state index in [4.69, 9.17) is 16.3 Å².